The van der Waals surface area contributed by atoms with Crippen LogP contribution in [0, 0.1) is 0 Å². The van der Waals surface area contributed by atoms with Crippen molar-refractivity contribution in [2.45, 2.75) is 18.7 Å². The monoisotopic (exact) mass is 279 g/mol. The van der Waals surface area contributed by atoms with E-state index < -0.39 is 0 Å². The largest absolute Gasteiger partial charge is 0.506 e. The van der Waals surface area contributed by atoms with Gasteiger partial charge in [-0.05, 0) is 27.0 Å². The Labute approximate surface area is 120 Å². The van der Waals surface area contributed by atoms with E-state index in [4.69, 9.17) is 0 Å². The molecule has 1 aliphatic heterocycles. The third kappa shape index (κ3) is 3.42. The molecular weight excluding hydrogens is 258 g/mol. The minimum absolute atomic E-state index is 0.197. The van der Waals surface area contributed by atoms with Gasteiger partial charge in [0.2, 0.25) is 0 Å². The molecule has 1 aliphatic rings. The first-order valence-electron chi connectivity index (χ1n) is 6.48. The lowest BCUT2D eigenvalue weighted by molar-refractivity contribution is 0.312. The molecular formula is C14H21N3OS. The second-order valence-electron chi connectivity index (χ2n) is 5.18. The highest BCUT2D eigenvalue weighted by Gasteiger charge is 2.16. The van der Waals surface area contributed by atoms with E-state index >= 15 is 0 Å². The summed E-state index contributed by atoms with van der Waals surface area (Å²) in [7, 11) is 2.13. The van der Waals surface area contributed by atoms with Gasteiger partial charge in [0.25, 0.3) is 0 Å². The van der Waals surface area contributed by atoms with Gasteiger partial charge in [0.1, 0.15) is 11.4 Å². The van der Waals surface area contributed by atoms with E-state index in [1.165, 1.54) is 0 Å². The van der Waals surface area contributed by atoms with Crippen molar-refractivity contribution in [1.29, 1.82) is 0 Å². The Hall–Kier alpha value is -1.20. The number of piperazine rings is 1. The SMILES string of the molecule is CC(C)=Nc1c(O)cc(N2CCN(C)CC2)cc1S. The summed E-state index contributed by atoms with van der Waals surface area (Å²) in [5.74, 6) is 0.197. The lowest BCUT2D eigenvalue weighted by Gasteiger charge is -2.34. The van der Waals surface area contributed by atoms with Crippen molar-refractivity contribution < 1.29 is 5.11 Å². The van der Waals surface area contributed by atoms with Gasteiger partial charge in [-0.3, -0.25) is 4.99 Å². The first-order valence-corrected chi connectivity index (χ1v) is 6.93. The maximum atomic E-state index is 10.1. The van der Waals surface area contributed by atoms with Crippen LogP contribution in [0.1, 0.15) is 13.8 Å². The predicted octanol–water partition coefficient (Wildman–Crippen LogP) is 2.55. The average molecular weight is 279 g/mol. The Kier molecular flexibility index (Phi) is 4.37. The van der Waals surface area contributed by atoms with Crippen LogP contribution in [0.5, 0.6) is 5.75 Å². The normalized spacial score (nSPS) is 16.5. The van der Waals surface area contributed by atoms with Crippen LogP contribution in [-0.2, 0) is 0 Å². The Morgan fingerprint density at radius 3 is 2.37 bits per heavy atom. The Morgan fingerprint density at radius 2 is 1.84 bits per heavy atom. The van der Waals surface area contributed by atoms with Crippen molar-refractivity contribution in [1.82, 2.24) is 4.90 Å². The molecule has 1 heterocycles. The van der Waals surface area contributed by atoms with Crippen LogP contribution >= 0.6 is 12.6 Å². The first kappa shape index (κ1) is 14.2. The second-order valence-corrected chi connectivity index (χ2v) is 5.66. The number of anilines is 1. The van der Waals surface area contributed by atoms with E-state index in [0.717, 1.165) is 42.5 Å². The topological polar surface area (TPSA) is 39.1 Å². The molecule has 1 aromatic rings. The predicted molar refractivity (Wildman–Crippen MR) is 83.5 cm³/mol. The average Bonchev–Trinajstić information content (AvgIpc) is 2.34. The number of thiol groups is 1. The van der Waals surface area contributed by atoms with Crippen molar-refractivity contribution in [3.63, 3.8) is 0 Å². The van der Waals surface area contributed by atoms with E-state index in [9.17, 15) is 5.11 Å². The van der Waals surface area contributed by atoms with Crippen LogP contribution in [0.25, 0.3) is 0 Å². The van der Waals surface area contributed by atoms with Crippen LogP contribution < -0.4 is 4.90 Å². The highest BCUT2D eigenvalue weighted by atomic mass is 32.1. The number of aromatic hydroxyl groups is 1. The molecule has 2 rings (SSSR count). The van der Waals surface area contributed by atoms with Gasteiger partial charge in [0.05, 0.1) is 0 Å². The molecule has 0 aliphatic carbocycles. The van der Waals surface area contributed by atoms with Gasteiger partial charge < -0.3 is 14.9 Å². The molecule has 0 amide bonds. The molecule has 19 heavy (non-hydrogen) atoms. The van der Waals surface area contributed by atoms with Crippen LogP contribution in [0.4, 0.5) is 11.4 Å². The molecule has 0 bridgehead atoms. The first-order chi connectivity index (χ1) is 8.97. The summed E-state index contributed by atoms with van der Waals surface area (Å²) in [5, 5.41) is 10.1. The third-order valence-electron chi connectivity index (χ3n) is 3.26. The molecule has 4 nitrogen and oxygen atoms in total. The molecule has 0 unspecified atom stereocenters. The Morgan fingerprint density at radius 1 is 1.21 bits per heavy atom. The van der Waals surface area contributed by atoms with Crippen molar-refractivity contribution in [2.24, 2.45) is 4.99 Å². The molecule has 0 atom stereocenters. The number of hydrogen-bond donors (Lipinski definition) is 2. The fraction of sp³-hybridized carbons (Fsp3) is 0.500. The summed E-state index contributed by atoms with van der Waals surface area (Å²) in [6.45, 7) is 7.83. The van der Waals surface area contributed by atoms with Crippen LogP contribution in [0.3, 0.4) is 0 Å². The summed E-state index contributed by atoms with van der Waals surface area (Å²) >= 11 is 4.45. The van der Waals surface area contributed by atoms with Gasteiger partial charge in [0.15, 0.2) is 0 Å². The van der Waals surface area contributed by atoms with E-state index in [-0.39, 0.29) is 5.75 Å². The summed E-state index contributed by atoms with van der Waals surface area (Å²) in [6, 6.07) is 3.77. The number of rotatable bonds is 2. The number of aliphatic imine (C=N–C) groups is 1. The molecule has 1 N–H and O–H groups in total. The van der Waals surface area contributed by atoms with E-state index in [0.29, 0.717) is 5.69 Å². The Balaban J connectivity index is 2.27. The molecule has 1 fully saturated rings. The smallest absolute Gasteiger partial charge is 0.144 e. The zero-order valence-corrected chi connectivity index (χ0v) is 12.6. The van der Waals surface area contributed by atoms with Crippen molar-refractivity contribution in [2.75, 3.05) is 38.1 Å². The van der Waals surface area contributed by atoms with E-state index in [1.807, 2.05) is 19.9 Å². The lowest BCUT2D eigenvalue weighted by atomic mass is 10.2. The number of phenols is 1. The molecule has 1 aromatic carbocycles. The van der Waals surface area contributed by atoms with E-state index in [2.05, 4.69) is 34.5 Å². The fourth-order valence-corrected chi connectivity index (χ4v) is 2.47. The van der Waals surface area contributed by atoms with Crippen LogP contribution in [0.15, 0.2) is 22.0 Å². The van der Waals surface area contributed by atoms with Crippen LogP contribution in [0.2, 0.25) is 0 Å². The van der Waals surface area contributed by atoms with Gasteiger partial charge in [-0.25, -0.2) is 0 Å². The molecule has 0 aromatic heterocycles. The number of hydrogen-bond acceptors (Lipinski definition) is 5. The second kappa shape index (κ2) is 5.84. The summed E-state index contributed by atoms with van der Waals surface area (Å²) in [5.41, 5.74) is 2.47. The number of likely N-dealkylation sites (N-methyl/N-ethyl adjacent to an activating group) is 1. The zero-order valence-electron chi connectivity index (χ0n) is 11.7. The molecule has 104 valence electrons. The minimum Gasteiger partial charge on any atom is -0.506 e. The number of benzene rings is 1. The zero-order chi connectivity index (χ0) is 14.0. The maximum Gasteiger partial charge on any atom is 0.144 e. The third-order valence-corrected chi connectivity index (χ3v) is 3.60. The van der Waals surface area contributed by atoms with Gasteiger partial charge in [0, 0.05) is 48.5 Å². The molecule has 5 heteroatoms. The quantitative estimate of drug-likeness (QED) is 0.645. The van der Waals surface area contributed by atoms with Crippen molar-refractivity contribution >= 4 is 29.7 Å². The van der Waals surface area contributed by atoms with Gasteiger partial charge in [-0.15, -0.1) is 12.6 Å². The number of phenolic OH excluding ortho intramolecular Hbond substituents is 1. The standard InChI is InChI=1S/C14H21N3OS/c1-10(2)15-14-12(18)8-11(9-13(14)19)17-6-4-16(3)5-7-17/h8-9,18-19H,4-7H2,1-3H3. The van der Waals surface area contributed by atoms with Gasteiger partial charge in [-0.2, -0.15) is 0 Å². The molecule has 1 saturated heterocycles. The van der Waals surface area contributed by atoms with Crippen LogP contribution in [-0.4, -0.2) is 48.9 Å². The summed E-state index contributed by atoms with van der Waals surface area (Å²) in [4.78, 5) is 9.61. The number of nitrogens with zero attached hydrogens (tertiary/aromatic N) is 3. The summed E-state index contributed by atoms with van der Waals surface area (Å²) in [6.07, 6.45) is 0. The lowest BCUT2D eigenvalue weighted by Crippen LogP contribution is -2.44. The van der Waals surface area contributed by atoms with Crippen molar-refractivity contribution in [3.8, 4) is 5.75 Å². The Bertz CT molecular complexity index is 466. The van der Waals surface area contributed by atoms with E-state index in [1.54, 1.807) is 6.07 Å². The minimum atomic E-state index is 0.197. The molecule has 0 radical (unpaired) electrons. The summed E-state index contributed by atoms with van der Waals surface area (Å²) < 4.78 is 0. The molecule has 0 spiro atoms. The fourth-order valence-electron chi connectivity index (χ4n) is 2.18. The highest BCUT2D eigenvalue weighted by molar-refractivity contribution is 7.80. The highest BCUT2D eigenvalue weighted by Crippen LogP contribution is 2.37. The van der Waals surface area contributed by atoms with Gasteiger partial charge in [-0.1, -0.05) is 0 Å². The van der Waals surface area contributed by atoms with Gasteiger partial charge >= 0.3 is 0 Å². The molecule has 0 saturated carbocycles. The van der Waals surface area contributed by atoms with Crippen molar-refractivity contribution in [3.05, 3.63) is 12.1 Å². The maximum absolute atomic E-state index is 10.1.